The van der Waals surface area contributed by atoms with Crippen LogP contribution in [0.5, 0.6) is 0 Å². The van der Waals surface area contributed by atoms with Crippen molar-refractivity contribution in [3.63, 3.8) is 0 Å². The van der Waals surface area contributed by atoms with Gasteiger partial charge >= 0.3 is 11.9 Å². The van der Waals surface area contributed by atoms with Crippen molar-refractivity contribution in [3.8, 4) is 0 Å². The Hall–Kier alpha value is -1.14. The van der Waals surface area contributed by atoms with E-state index in [1.807, 2.05) is 0 Å². The fourth-order valence-electron chi connectivity index (χ4n) is 0.264. The number of carbonyl (C=O) groups excluding carboxylic acids is 1. The van der Waals surface area contributed by atoms with Gasteiger partial charge in [-0.25, -0.2) is 14.7 Å². The molecule has 0 spiro atoms. The maximum atomic E-state index is 9.74. The molecule has 10 heavy (non-hydrogen) atoms. The van der Waals surface area contributed by atoms with Crippen LogP contribution >= 0.6 is 0 Å². The molecule has 0 aliphatic heterocycles. The van der Waals surface area contributed by atoms with Crippen molar-refractivity contribution in [2.24, 2.45) is 0 Å². The molecular weight excluding hydrogens is 144 g/mol. The van der Waals surface area contributed by atoms with Gasteiger partial charge in [0.25, 0.3) is 0 Å². The SMILES string of the molecule is [O]C(=O)[C@H](O)[C@@H](O)C(=O)O. The third kappa shape index (κ3) is 2.00. The Balaban J connectivity index is 4.07. The minimum absolute atomic E-state index is 1.81. The number of aliphatic hydroxyl groups excluding tert-OH is 2. The van der Waals surface area contributed by atoms with E-state index in [2.05, 4.69) is 0 Å². The highest BCUT2D eigenvalue weighted by Crippen LogP contribution is 1.93. The molecule has 0 bridgehead atoms. The lowest BCUT2D eigenvalue weighted by Gasteiger charge is -2.05. The van der Waals surface area contributed by atoms with Gasteiger partial charge in [-0.3, -0.25) is 0 Å². The summed E-state index contributed by atoms with van der Waals surface area (Å²) >= 11 is 0. The molecule has 0 saturated carbocycles. The van der Waals surface area contributed by atoms with Gasteiger partial charge in [0.15, 0.2) is 12.2 Å². The smallest absolute Gasteiger partial charge is 0.387 e. The molecule has 3 N–H and O–H groups in total. The predicted molar refractivity (Wildman–Crippen MR) is 25.3 cm³/mol. The van der Waals surface area contributed by atoms with E-state index < -0.39 is 24.1 Å². The number of carbonyl (C=O) groups is 2. The van der Waals surface area contributed by atoms with Crippen LogP contribution in [0.2, 0.25) is 0 Å². The third-order valence-corrected chi connectivity index (χ3v) is 0.794. The fraction of sp³-hybridized carbons (Fsp3) is 0.500. The molecule has 0 aromatic heterocycles. The second kappa shape index (κ2) is 3.14. The van der Waals surface area contributed by atoms with Gasteiger partial charge in [0.1, 0.15) is 0 Å². The Kier molecular flexibility index (Phi) is 2.78. The van der Waals surface area contributed by atoms with Gasteiger partial charge in [0.2, 0.25) is 0 Å². The normalized spacial score (nSPS) is 15.8. The van der Waals surface area contributed by atoms with Crippen LogP contribution in [0.3, 0.4) is 0 Å². The number of rotatable bonds is 3. The summed E-state index contributed by atoms with van der Waals surface area (Å²) in [5, 5.41) is 34.1. The van der Waals surface area contributed by atoms with Gasteiger partial charge in [0.05, 0.1) is 0 Å². The molecule has 0 aromatic rings. The average molecular weight is 149 g/mol. The maximum Gasteiger partial charge on any atom is 0.387 e. The number of hydrogen-bond donors (Lipinski definition) is 3. The molecule has 6 nitrogen and oxygen atoms in total. The van der Waals surface area contributed by atoms with Crippen LogP contribution in [0.15, 0.2) is 0 Å². The first-order chi connectivity index (χ1) is 4.46. The second-order valence-electron chi connectivity index (χ2n) is 1.55. The Bertz CT molecular complexity index is 134. The number of hydrogen-bond acceptors (Lipinski definition) is 4. The number of aliphatic carboxylic acids is 1. The largest absolute Gasteiger partial charge is 0.479 e. The van der Waals surface area contributed by atoms with E-state index >= 15 is 0 Å². The predicted octanol–water partition coefficient (Wildman–Crippen LogP) is -2.25. The van der Waals surface area contributed by atoms with Crippen molar-refractivity contribution in [2.75, 3.05) is 0 Å². The molecule has 0 aromatic carbocycles. The lowest BCUT2D eigenvalue weighted by molar-refractivity contribution is -0.169. The van der Waals surface area contributed by atoms with Crippen LogP contribution in [0.25, 0.3) is 0 Å². The number of carboxylic acid groups (broad SMARTS) is 1. The van der Waals surface area contributed by atoms with Gasteiger partial charge in [0, 0.05) is 0 Å². The van der Waals surface area contributed by atoms with Crippen LogP contribution in [-0.4, -0.2) is 39.5 Å². The summed E-state index contributed by atoms with van der Waals surface area (Å²) in [6, 6.07) is 0. The van der Waals surface area contributed by atoms with Gasteiger partial charge in [-0.2, -0.15) is 0 Å². The molecule has 0 rings (SSSR count). The van der Waals surface area contributed by atoms with E-state index in [9.17, 15) is 14.7 Å². The van der Waals surface area contributed by atoms with Gasteiger partial charge < -0.3 is 15.3 Å². The average Bonchev–Trinajstić information content (AvgIpc) is 1.84. The van der Waals surface area contributed by atoms with E-state index in [-0.39, 0.29) is 0 Å². The van der Waals surface area contributed by atoms with Crippen molar-refractivity contribution in [2.45, 2.75) is 12.2 Å². The second-order valence-corrected chi connectivity index (χ2v) is 1.55. The van der Waals surface area contributed by atoms with E-state index in [1.165, 1.54) is 0 Å². The quantitative estimate of drug-likeness (QED) is 0.419. The summed E-state index contributed by atoms with van der Waals surface area (Å²) in [5.74, 6) is -3.83. The molecule has 6 heteroatoms. The molecule has 0 saturated heterocycles. The summed E-state index contributed by atoms with van der Waals surface area (Å²) < 4.78 is 0. The highest BCUT2D eigenvalue weighted by Gasteiger charge is 2.30. The summed E-state index contributed by atoms with van der Waals surface area (Å²) in [6.45, 7) is 0. The van der Waals surface area contributed by atoms with Crippen LogP contribution < -0.4 is 0 Å². The summed E-state index contributed by atoms with van der Waals surface area (Å²) in [6.07, 6.45) is -4.71. The Morgan fingerprint density at radius 3 is 1.60 bits per heavy atom. The zero-order valence-corrected chi connectivity index (χ0v) is 4.72. The lowest BCUT2D eigenvalue weighted by atomic mass is 10.2. The first kappa shape index (κ1) is 8.86. The van der Waals surface area contributed by atoms with E-state index in [1.54, 1.807) is 0 Å². The van der Waals surface area contributed by atoms with Gasteiger partial charge in [-0.05, 0) is 0 Å². The Labute approximate surface area is 55.3 Å². The van der Waals surface area contributed by atoms with Crippen molar-refractivity contribution < 1.29 is 30.0 Å². The minimum Gasteiger partial charge on any atom is -0.479 e. The first-order valence-corrected chi connectivity index (χ1v) is 2.26. The molecule has 0 amide bonds. The minimum atomic E-state index is -2.38. The van der Waals surface area contributed by atoms with E-state index in [0.717, 1.165) is 0 Å². The van der Waals surface area contributed by atoms with Gasteiger partial charge in [-0.15, -0.1) is 0 Å². The third-order valence-electron chi connectivity index (χ3n) is 0.794. The zero-order valence-electron chi connectivity index (χ0n) is 4.72. The molecule has 0 fully saturated rings. The van der Waals surface area contributed by atoms with Crippen LogP contribution in [0.4, 0.5) is 0 Å². The van der Waals surface area contributed by atoms with Crippen molar-refractivity contribution in [3.05, 3.63) is 0 Å². The maximum absolute atomic E-state index is 9.74. The standard InChI is InChI=1S/C4H5O6/c5-1(3(7)8)2(6)4(9)10/h1-2,5-6H,(H,7,8)/t1-,2-/m1/s1. The monoisotopic (exact) mass is 149 g/mol. The summed E-state index contributed by atoms with van der Waals surface area (Å²) in [5.41, 5.74) is 0. The summed E-state index contributed by atoms with van der Waals surface area (Å²) in [7, 11) is 0. The van der Waals surface area contributed by atoms with Crippen LogP contribution in [-0.2, 0) is 14.7 Å². The molecule has 0 heterocycles. The van der Waals surface area contributed by atoms with Crippen molar-refractivity contribution in [1.82, 2.24) is 0 Å². The number of carboxylic acids is 1. The van der Waals surface area contributed by atoms with Crippen LogP contribution in [0, 0.1) is 0 Å². The lowest BCUT2D eigenvalue weighted by Crippen LogP contribution is -2.38. The number of aliphatic hydroxyl groups is 2. The molecule has 2 atom stereocenters. The molecular formula is C4H5O6. The van der Waals surface area contributed by atoms with Gasteiger partial charge in [-0.1, -0.05) is 0 Å². The van der Waals surface area contributed by atoms with E-state index in [4.69, 9.17) is 15.3 Å². The first-order valence-electron chi connectivity index (χ1n) is 2.26. The molecule has 57 valence electrons. The Morgan fingerprint density at radius 2 is 1.50 bits per heavy atom. The summed E-state index contributed by atoms with van der Waals surface area (Å²) in [4.78, 5) is 19.4. The Morgan fingerprint density at radius 1 is 1.10 bits per heavy atom. The highest BCUT2D eigenvalue weighted by atomic mass is 16.4. The van der Waals surface area contributed by atoms with Crippen LogP contribution in [0.1, 0.15) is 0 Å². The van der Waals surface area contributed by atoms with Crippen molar-refractivity contribution in [1.29, 1.82) is 0 Å². The van der Waals surface area contributed by atoms with E-state index in [0.29, 0.717) is 0 Å². The fourth-order valence-corrected chi connectivity index (χ4v) is 0.264. The van der Waals surface area contributed by atoms with Crippen molar-refractivity contribution >= 4 is 11.9 Å². The molecule has 1 radical (unpaired) electrons. The highest BCUT2D eigenvalue weighted by molar-refractivity contribution is 5.82. The topological polar surface area (TPSA) is 115 Å². The molecule has 0 aliphatic rings. The zero-order chi connectivity index (χ0) is 8.31. The molecule has 0 aliphatic carbocycles. The molecule has 0 unspecified atom stereocenters.